The summed E-state index contributed by atoms with van der Waals surface area (Å²) in [5.74, 6) is 0. The molecule has 5 rings (SSSR count). The van der Waals surface area contributed by atoms with E-state index < -0.39 is 5.69 Å². The summed E-state index contributed by atoms with van der Waals surface area (Å²) in [7, 11) is 0. The number of benzene rings is 2. The first-order chi connectivity index (χ1) is 15.6. The highest BCUT2D eigenvalue weighted by molar-refractivity contribution is 5.70. The zero-order valence-electron chi connectivity index (χ0n) is 17.5. The van der Waals surface area contributed by atoms with Crippen LogP contribution in [-0.4, -0.2) is 23.8 Å². The molecule has 0 aliphatic rings. The molecule has 0 aliphatic carbocycles. The summed E-state index contributed by atoms with van der Waals surface area (Å²) in [6, 6.07) is 19.5. The molecule has 0 radical (unpaired) electrons. The fraction of sp³-hybridized carbons (Fsp3) is 0.167. The van der Waals surface area contributed by atoms with Crippen molar-refractivity contribution in [1.82, 2.24) is 23.8 Å². The first-order valence-electron chi connectivity index (χ1n) is 10.3. The molecule has 3 aromatic heterocycles. The van der Waals surface area contributed by atoms with Gasteiger partial charge in [-0.25, -0.2) is 9.78 Å². The van der Waals surface area contributed by atoms with Gasteiger partial charge in [-0.15, -0.1) is 0 Å². The predicted molar refractivity (Wildman–Crippen MR) is 120 cm³/mol. The average Bonchev–Trinajstić information content (AvgIpc) is 3.42. The second-order valence-corrected chi connectivity index (χ2v) is 7.70. The number of aromatic nitrogens is 5. The van der Waals surface area contributed by atoms with Crippen molar-refractivity contribution in [3.05, 3.63) is 116 Å². The maximum Gasteiger partial charge on any atom is 0.333 e. The summed E-state index contributed by atoms with van der Waals surface area (Å²) in [5.41, 5.74) is 3.26. The van der Waals surface area contributed by atoms with Crippen LogP contribution in [0.1, 0.15) is 22.4 Å². The van der Waals surface area contributed by atoms with E-state index in [-0.39, 0.29) is 12.1 Å². The molecule has 0 saturated heterocycles. The number of nitrogens with zero attached hydrogens (tertiary/aromatic N) is 5. The summed E-state index contributed by atoms with van der Waals surface area (Å²) < 4.78 is 9.59. The lowest BCUT2D eigenvalue weighted by atomic mass is 10.2. The van der Waals surface area contributed by atoms with E-state index in [1.54, 1.807) is 22.4 Å². The normalized spacial score (nSPS) is 11.3. The highest BCUT2D eigenvalue weighted by Crippen LogP contribution is 2.13. The average molecular weight is 427 g/mol. The van der Waals surface area contributed by atoms with E-state index in [2.05, 4.69) is 10.1 Å². The van der Waals surface area contributed by atoms with Crippen LogP contribution in [0.25, 0.3) is 11.2 Å². The molecule has 0 aliphatic heterocycles. The van der Waals surface area contributed by atoms with Gasteiger partial charge in [0.05, 0.1) is 25.1 Å². The van der Waals surface area contributed by atoms with Gasteiger partial charge in [0.2, 0.25) is 0 Å². The summed E-state index contributed by atoms with van der Waals surface area (Å²) in [4.78, 5) is 31.4. The predicted octanol–water partition coefficient (Wildman–Crippen LogP) is 2.80. The number of fused-ring (bicyclic) bond motifs is 1. The van der Waals surface area contributed by atoms with Crippen LogP contribution >= 0.6 is 0 Å². The van der Waals surface area contributed by atoms with E-state index in [0.29, 0.717) is 35.5 Å². The van der Waals surface area contributed by atoms with Gasteiger partial charge in [-0.3, -0.25) is 13.9 Å². The summed E-state index contributed by atoms with van der Waals surface area (Å²) >= 11 is 0. The van der Waals surface area contributed by atoms with E-state index in [1.165, 1.54) is 10.8 Å². The molecule has 0 spiro atoms. The molecule has 160 valence electrons. The summed E-state index contributed by atoms with van der Waals surface area (Å²) in [6.45, 7) is 2.64. The van der Waals surface area contributed by atoms with E-state index in [0.717, 1.165) is 11.1 Å². The molecule has 8 nitrogen and oxygen atoms in total. The quantitative estimate of drug-likeness (QED) is 0.416. The first kappa shape index (κ1) is 19.7. The van der Waals surface area contributed by atoms with Crippen molar-refractivity contribution in [3.8, 4) is 0 Å². The van der Waals surface area contributed by atoms with E-state index in [4.69, 9.17) is 4.52 Å². The van der Waals surface area contributed by atoms with Crippen LogP contribution < -0.4 is 11.2 Å². The third-order valence-corrected chi connectivity index (χ3v) is 5.54. The SMILES string of the molecule is Cc1nocc1Cn1c(=O)c2c(ncn2Cc2ccccc2)n(Cc2ccccc2)c1=O. The van der Waals surface area contributed by atoms with Crippen LogP contribution in [0.5, 0.6) is 0 Å². The summed E-state index contributed by atoms with van der Waals surface area (Å²) in [5, 5.41) is 3.87. The lowest BCUT2D eigenvalue weighted by Crippen LogP contribution is -2.41. The van der Waals surface area contributed by atoms with Gasteiger partial charge in [0.15, 0.2) is 11.2 Å². The minimum absolute atomic E-state index is 0.0776. The van der Waals surface area contributed by atoms with Crippen molar-refractivity contribution in [2.24, 2.45) is 0 Å². The number of aryl methyl sites for hydroxylation is 1. The van der Waals surface area contributed by atoms with Crippen LogP contribution in [0.15, 0.2) is 87.4 Å². The Hall–Kier alpha value is -4.20. The monoisotopic (exact) mass is 427 g/mol. The van der Waals surface area contributed by atoms with Crippen molar-refractivity contribution < 1.29 is 4.52 Å². The zero-order valence-corrected chi connectivity index (χ0v) is 17.5. The Labute approximate surface area is 183 Å². The van der Waals surface area contributed by atoms with Crippen LogP contribution in [0.3, 0.4) is 0 Å². The van der Waals surface area contributed by atoms with Gasteiger partial charge in [0.25, 0.3) is 5.56 Å². The Balaban J connectivity index is 1.71. The minimum atomic E-state index is -0.420. The largest absolute Gasteiger partial charge is 0.364 e. The van der Waals surface area contributed by atoms with Crippen molar-refractivity contribution in [2.45, 2.75) is 26.6 Å². The van der Waals surface area contributed by atoms with Crippen molar-refractivity contribution in [1.29, 1.82) is 0 Å². The molecule has 0 amide bonds. The minimum Gasteiger partial charge on any atom is -0.364 e. The van der Waals surface area contributed by atoms with E-state index in [9.17, 15) is 9.59 Å². The zero-order chi connectivity index (χ0) is 22.1. The Morgan fingerprint density at radius 1 is 0.844 bits per heavy atom. The smallest absolute Gasteiger partial charge is 0.333 e. The second kappa shape index (κ2) is 8.14. The van der Waals surface area contributed by atoms with Crippen LogP contribution in [0, 0.1) is 6.92 Å². The molecule has 3 heterocycles. The van der Waals surface area contributed by atoms with Crippen LogP contribution in [-0.2, 0) is 19.6 Å². The molecule has 32 heavy (non-hydrogen) atoms. The Morgan fingerprint density at radius 2 is 1.50 bits per heavy atom. The number of rotatable bonds is 6. The molecular weight excluding hydrogens is 406 g/mol. The van der Waals surface area contributed by atoms with Crippen LogP contribution in [0.2, 0.25) is 0 Å². The molecule has 0 atom stereocenters. The molecule has 8 heteroatoms. The summed E-state index contributed by atoms with van der Waals surface area (Å²) in [6.07, 6.45) is 3.09. The van der Waals surface area contributed by atoms with Gasteiger partial charge >= 0.3 is 5.69 Å². The standard InChI is InChI=1S/C24H21N5O3/c1-17-20(15-32-26-17)14-29-23(30)21-22(25-16-27(21)12-18-8-4-2-5-9-18)28(24(29)31)13-19-10-6-3-7-11-19/h2-11,15-16H,12-14H2,1H3. The number of hydrogen-bond acceptors (Lipinski definition) is 5. The molecule has 0 saturated carbocycles. The fourth-order valence-corrected chi connectivity index (χ4v) is 3.82. The van der Waals surface area contributed by atoms with Gasteiger partial charge < -0.3 is 9.09 Å². The third kappa shape index (κ3) is 3.56. The second-order valence-electron chi connectivity index (χ2n) is 7.70. The number of hydrogen-bond donors (Lipinski definition) is 0. The lowest BCUT2D eigenvalue weighted by molar-refractivity contribution is 0.414. The molecule has 0 bridgehead atoms. The molecule has 5 aromatic rings. The fourth-order valence-electron chi connectivity index (χ4n) is 3.82. The maximum absolute atomic E-state index is 13.5. The van der Waals surface area contributed by atoms with E-state index >= 15 is 0 Å². The topological polar surface area (TPSA) is 87.8 Å². The Kier molecular flexibility index (Phi) is 5.03. The van der Waals surface area contributed by atoms with Gasteiger partial charge in [-0.2, -0.15) is 0 Å². The van der Waals surface area contributed by atoms with Gasteiger partial charge in [0, 0.05) is 12.1 Å². The molecule has 0 N–H and O–H groups in total. The Morgan fingerprint density at radius 3 is 2.12 bits per heavy atom. The van der Waals surface area contributed by atoms with E-state index in [1.807, 2.05) is 60.7 Å². The van der Waals surface area contributed by atoms with Gasteiger partial charge in [0.1, 0.15) is 6.26 Å². The van der Waals surface area contributed by atoms with Crippen molar-refractivity contribution in [3.63, 3.8) is 0 Å². The first-order valence-corrected chi connectivity index (χ1v) is 10.3. The molecular formula is C24H21N5O3. The van der Waals surface area contributed by atoms with Gasteiger partial charge in [-0.05, 0) is 18.1 Å². The number of imidazole rings is 1. The molecule has 0 unspecified atom stereocenters. The highest BCUT2D eigenvalue weighted by Gasteiger charge is 2.19. The lowest BCUT2D eigenvalue weighted by Gasteiger charge is -2.12. The van der Waals surface area contributed by atoms with Gasteiger partial charge in [-0.1, -0.05) is 65.8 Å². The highest BCUT2D eigenvalue weighted by atomic mass is 16.5. The Bertz CT molecular complexity index is 1490. The van der Waals surface area contributed by atoms with Crippen molar-refractivity contribution >= 4 is 11.2 Å². The van der Waals surface area contributed by atoms with Crippen molar-refractivity contribution in [2.75, 3.05) is 0 Å². The third-order valence-electron chi connectivity index (χ3n) is 5.54. The molecule has 2 aromatic carbocycles. The maximum atomic E-state index is 13.5. The van der Waals surface area contributed by atoms with Crippen LogP contribution in [0.4, 0.5) is 0 Å². The molecule has 0 fully saturated rings.